The molecule has 1 aromatic heterocycles. The van der Waals surface area contributed by atoms with Crippen molar-refractivity contribution >= 4 is 16.0 Å². The molecule has 18 heavy (non-hydrogen) atoms. The molecule has 0 atom stereocenters. The van der Waals surface area contributed by atoms with E-state index in [4.69, 9.17) is 4.74 Å². The molecule has 0 saturated carbocycles. The molecule has 0 aliphatic rings. The summed E-state index contributed by atoms with van der Waals surface area (Å²) in [6.45, 7) is 4.44. The van der Waals surface area contributed by atoms with Crippen molar-refractivity contribution in [1.82, 2.24) is 14.7 Å². The molecule has 1 heterocycles. The average molecular weight is 274 g/mol. The van der Waals surface area contributed by atoms with Gasteiger partial charge in [0.25, 0.3) is 0 Å². The third-order valence-corrected chi connectivity index (χ3v) is 3.45. The zero-order valence-electron chi connectivity index (χ0n) is 10.7. The largest absolute Gasteiger partial charge is 0.478 e. The van der Waals surface area contributed by atoms with Crippen LogP contribution in [-0.2, 0) is 10.0 Å². The molecule has 0 aliphatic carbocycles. The van der Waals surface area contributed by atoms with Crippen molar-refractivity contribution in [2.75, 3.05) is 31.3 Å². The Morgan fingerprint density at radius 3 is 2.72 bits per heavy atom. The van der Waals surface area contributed by atoms with E-state index >= 15 is 0 Å². The molecule has 2 N–H and O–H groups in total. The SMILES string of the molecule is CCOc1cc(C)nc(NCCS(=O)(=O)NC)n1. The molecule has 102 valence electrons. The molecule has 0 aliphatic heterocycles. The summed E-state index contributed by atoms with van der Waals surface area (Å²) >= 11 is 0. The first-order chi connectivity index (χ1) is 8.46. The van der Waals surface area contributed by atoms with Crippen LogP contribution in [-0.4, -0.2) is 44.3 Å². The van der Waals surface area contributed by atoms with Crippen LogP contribution in [0.1, 0.15) is 12.6 Å². The van der Waals surface area contributed by atoms with Crippen molar-refractivity contribution in [3.8, 4) is 5.88 Å². The standard InChI is InChI=1S/C10H18N4O3S/c1-4-17-9-7-8(2)13-10(14-9)12-5-6-18(15,16)11-3/h7,11H,4-6H2,1-3H3,(H,12,13,14). The summed E-state index contributed by atoms with van der Waals surface area (Å²) in [5.74, 6) is 0.804. The van der Waals surface area contributed by atoms with Crippen molar-refractivity contribution in [2.45, 2.75) is 13.8 Å². The Bertz CT molecular complexity index is 490. The number of anilines is 1. The van der Waals surface area contributed by atoms with E-state index in [2.05, 4.69) is 20.0 Å². The van der Waals surface area contributed by atoms with Crippen molar-refractivity contribution < 1.29 is 13.2 Å². The van der Waals surface area contributed by atoms with Crippen LogP contribution in [0.2, 0.25) is 0 Å². The Kier molecular flexibility index (Phi) is 5.29. The van der Waals surface area contributed by atoms with Gasteiger partial charge in [0.15, 0.2) is 0 Å². The zero-order chi connectivity index (χ0) is 13.6. The van der Waals surface area contributed by atoms with Gasteiger partial charge >= 0.3 is 0 Å². The van der Waals surface area contributed by atoms with Crippen LogP contribution >= 0.6 is 0 Å². The highest BCUT2D eigenvalue weighted by Gasteiger charge is 2.07. The summed E-state index contributed by atoms with van der Waals surface area (Å²) < 4.78 is 29.9. The normalized spacial score (nSPS) is 11.3. The highest BCUT2D eigenvalue weighted by Crippen LogP contribution is 2.11. The third-order valence-electron chi connectivity index (χ3n) is 2.09. The van der Waals surface area contributed by atoms with Crippen molar-refractivity contribution in [1.29, 1.82) is 0 Å². The van der Waals surface area contributed by atoms with Crippen molar-refractivity contribution in [3.05, 3.63) is 11.8 Å². The molecule has 0 aromatic carbocycles. The topological polar surface area (TPSA) is 93.2 Å². The molecule has 1 aromatic rings. The second kappa shape index (κ2) is 6.50. The number of aromatic nitrogens is 2. The lowest BCUT2D eigenvalue weighted by atomic mass is 10.4. The molecule has 0 fully saturated rings. The number of nitrogens with zero attached hydrogens (tertiary/aromatic N) is 2. The summed E-state index contributed by atoms with van der Waals surface area (Å²) in [6.07, 6.45) is 0. The maximum absolute atomic E-state index is 11.2. The average Bonchev–Trinajstić information content (AvgIpc) is 2.28. The number of rotatable bonds is 7. The highest BCUT2D eigenvalue weighted by molar-refractivity contribution is 7.89. The van der Waals surface area contributed by atoms with E-state index in [0.29, 0.717) is 18.4 Å². The minimum absolute atomic E-state index is 0.0369. The van der Waals surface area contributed by atoms with Gasteiger partial charge in [-0.15, -0.1) is 0 Å². The van der Waals surface area contributed by atoms with Crippen LogP contribution < -0.4 is 14.8 Å². The first-order valence-corrected chi connectivity index (χ1v) is 7.25. The fourth-order valence-corrected chi connectivity index (χ4v) is 1.81. The lowest BCUT2D eigenvalue weighted by molar-refractivity contribution is 0.326. The van der Waals surface area contributed by atoms with E-state index < -0.39 is 10.0 Å². The summed E-state index contributed by atoms with van der Waals surface area (Å²) in [4.78, 5) is 8.25. The predicted octanol–water partition coefficient (Wildman–Crippen LogP) is 0.145. The number of hydrogen-bond donors (Lipinski definition) is 2. The van der Waals surface area contributed by atoms with Gasteiger partial charge in [-0.05, 0) is 20.9 Å². The molecule has 0 saturated heterocycles. The number of sulfonamides is 1. The van der Waals surface area contributed by atoms with Gasteiger partial charge in [0.1, 0.15) is 0 Å². The molecule has 7 nitrogen and oxygen atoms in total. The smallest absolute Gasteiger partial charge is 0.226 e. The van der Waals surface area contributed by atoms with Gasteiger partial charge in [0, 0.05) is 18.3 Å². The van der Waals surface area contributed by atoms with Gasteiger partial charge in [0.05, 0.1) is 12.4 Å². The van der Waals surface area contributed by atoms with Gasteiger partial charge in [0.2, 0.25) is 21.9 Å². The van der Waals surface area contributed by atoms with Gasteiger partial charge < -0.3 is 10.1 Å². The summed E-state index contributed by atoms with van der Waals surface area (Å²) in [6, 6.07) is 1.72. The van der Waals surface area contributed by atoms with E-state index in [1.165, 1.54) is 7.05 Å². The Labute approximate surface area is 107 Å². The maximum Gasteiger partial charge on any atom is 0.226 e. The third kappa shape index (κ3) is 4.84. The predicted molar refractivity (Wildman–Crippen MR) is 69.3 cm³/mol. The first-order valence-electron chi connectivity index (χ1n) is 5.60. The van der Waals surface area contributed by atoms with Crippen LogP contribution in [0.25, 0.3) is 0 Å². The maximum atomic E-state index is 11.2. The van der Waals surface area contributed by atoms with E-state index in [-0.39, 0.29) is 12.3 Å². The molecule has 1 rings (SSSR count). The number of ether oxygens (including phenoxy) is 1. The first kappa shape index (κ1) is 14.7. The quantitative estimate of drug-likeness (QED) is 0.735. The highest BCUT2D eigenvalue weighted by atomic mass is 32.2. The molecular weight excluding hydrogens is 256 g/mol. The van der Waals surface area contributed by atoms with E-state index in [1.807, 2.05) is 13.8 Å². The second-order valence-corrected chi connectivity index (χ2v) is 5.60. The van der Waals surface area contributed by atoms with Crippen LogP contribution in [0.5, 0.6) is 5.88 Å². The van der Waals surface area contributed by atoms with Crippen molar-refractivity contribution in [3.63, 3.8) is 0 Å². The number of nitrogens with one attached hydrogen (secondary N) is 2. The monoisotopic (exact) mass is 274 g/mol. The van der Waals surface area contributed by atoms with Gasteiger partial charge in [-0.25, -0.2) is 18.1 Å². The van der Waals surface area contributed by atoms with Crippen molar-refractivity contribution in [2.24, 2.45) is 0 Å². The minimum atomic E-state index is -3.22. The Hall–Kier alpha value is -1.41. The molecule has 8 heteroatoms. The molecule has 0 unspecified atom stereocenters. The van der Waals surface area contributed by atoms with Gasteiger partial charge in [-0.2, -0.15) is 4.98 Å². The van der Waals surface area contributed by atoms with Crippen LogP contribution in [0.3, 0.4) is 0 Å². The molecule has 0 bridgehead atoms. The Morgan fingerprint density at radius 1 is 1.39 bits per heavy atom. The van der Waals surface area contributed by atoms with E-state index in [0.717, 1.165) is 5.69 Å². The Balaban J connectivity index is 2.62. The molecule has 0 amide bonds. The zero-order valence-corrected chi connectivity index (χ0v) is 11.5. The lowest BCUT2D eigenvalue weighted by Crippen LogP contribution is -2.26. The van der Waals surface area contributed by atoms with Crippen LogP contribution in [0.15, 0.2) is 6.07 Å². The Morgan fingerprint density at radius 2 is 2.11 bits per heavy atom. The van der Waals surface area contributed by atoms with Crippen LogP contribution in [0, 0.1) is 6.92 Å². The van der Waals surface area contributed by atoms with Gasteiger partial charge in [-0.3, -0.25) is 0 Å². The minimum Gasteiger partial charge on any atom is -0.478 e. The summed E-state index contributed by atoms with van der Waals surface area (Å²) in [5, 5.41) is 2.85. The summed E-state index contributed by atoms with van der Waals surface area (Å²) in [7, 11) is -1.84. The summed E-state index contributed by atoms with van der Waals surface area (Å²) in [5.41, 5.74) is 0.757. The number of aryl methyl sites for hydroxylation is 1. The lowest BCUT2D eigenvalue weighted by Gasteiger charge is -2.08. The van der Waals surface area contributed by atoms with Gasteiger partial charge in [-0.1, -0.05) is 0 Å². The van der Waals surface area contributed by atoms with E-state index in [1.54, 1.807) is 6.07 Å². The fraction of sp³-hybridized carbons (Fsp3) is 0.600. The van der Waals surface area contributed by atoms with Crippen LogP contribution in [0.4, 0.5) is 5.95 Å². The fourth-order valence-electron chi connectivity index (χ4n) is 1.24. The second-order valence-electron chi connectivity index (χ2n) is 3.55. The molecule has 0 spiro atoms. The van der Waals surface area contributed by atoms with E-state index in [9.17, 15) is 8.42 Å². The number of hydrogen-bond acceptors (Lipinski definition) is 6. The molecule has 0 radical (unpaired) electrons. The molecular formula is C10H18N4O3S.